The number of aromatic amines is 1. The number of halogens is 1. The van der Waals surface area contributed by atoms with Crippen molar-refractivity contribution in [3.8, 4) is 0 Å². The number of morpholine rings is 1. The quantitative estimate of drug-likeness (QED) is 0.392. The summed E-state index contributed by atoms with van der Waals surface area (Å²) in [6.07, 6.45) is 0.709. The zero-order valence-electron chi connectivity index (χ0n) is 18.2. The molecule has 0 aliphatic carbocycles. The van der Waals surface area contributed by atoms with E-state index in [0.717, 1.165) is 25.2 Å². The molecule has 1 unspecified atom stereocenters. The van der Waals surface area contributed by atoms with Gasteiger partial charge in [-0.1, -0.05) is 23.7 Å². The van der Waals surface area contributed by atoms with E-state index in [-0.39, 0.29) is 11.3 Å². The Morgan fingerprint density at radius 1 is 1.19 bits per heavy atom. The largest absolute Gasteiger partial charge is 0.507 e. The summed E-state index contributed by atoms with van der Waals surface area (Å²) in [5, 5.41) is 18.7. The number of ether oxygens (including phenoxy) is 1. The molecule has 2 aliphatic heterocycles. The lowest BCUT2D eigenvalue weighted by atomic mass is 9.94. The highest BCUT2D eigenvalue weighted by molar-refractivity contribution is 6.46. The van der Waals surface area contributed by atoms with Gasteiger partial charge >= 0.3 is 0 Å². The van der Waals surface area contributed by atoms with Crippen molar-refractivity contribution in [2.75, 3.05) is 39.4 Å². The average molecular weight is 459 g/mol. The molecule has 1 atom stereocenters. The number of nitrogens with one attached hydrogen (secondary N) is 1. The number of hydrogen-bond donors (Lipinski definition) is 2. The molecule has 0 bridgehead atoms. The smallest absolute Gasteiger partial charge is 0.295 e. The van der Waals surface area contributed by atoms with Crippen LogP contribution in [0.25, 0.3) is 5.76 Å². The van der Waals surface area contributed by atoms with Crippen molar-refractivity contribution < 1.29 is 19.4 Å². The molecule has 2 aromatic rings. The Morgan fingerprint density at radius 3 is 2.50 bits per heavy atom. The maximum Gasteiger partial charge on any atom is 0.295 e. The molecule has 8 nitrogen and oxygen atoms in total. The van der Waals surface area contributed by atoms with Crippen LogP contribution in [0.4, 0.5) is 0 Å². The van der Waals surface area contributed by atoms with E-state index in [0.29, 0.717) is 48.2 Å². The molecule has 9 heteroatoms. The van der Waals surface area contributed by atoms with E-state index in [1.54, 1.807) is 43.0 Å². The fourth-order valence-corrected chi connectivity index (χ4v) is 4.55. The average Bonchev–Trinajstić information content (AvgIpc) is 3.25. The van der Waals surface area contributed by atoms with Crippen LogP contribution >= 0.6 is 11.6 Å². The lowest BCUT2D eigenvalue weighted by Gasteiger charge is -2.29. The lowest BCUT2D eigenvalue weighted by molar-refractivity contribution is -0.140. The van der Waals surface area contributed by atoms with E-state index in [9.17, 15) is 14.7 Å². The van der Waals surface area contributed by atoms with Gasteiger partial charge in [-0.3, -0.25) is 19.6 Å². The van der Waals surface area contributed by atoms with Crippen LogP contribution in [-0.4, -0.2) is 76.2 Å². The zero-order valence-corrected chi connectivity index (χ0v) is 19.0. The van der Waals surface area contributed by atoms with Gasteiger partial charge in [0.05, 0.1) is 36.1 Å². The van der Waals surface area contributed by atoms with Crippen molar-refractivity contribution in [3.63, 3.8) is 0 Å². The van der Waals surface area contributed by atoms with Gasteiger partial charge in [0.1, 0.15) is 5.76 Å². The number of carbonyl (C=O) groups excluding carboxylic acids is 2. The fourth-order valence-electron chi connectivity index (χ4n) is 4.43. The summed E-state index contributed by atoms with van der Waals surface area (Å²) in [5.74, 6) is -1.50. The summed E-state index contributed by atoms with van der Waals surface area (Å²) < 4.78 is 5.39. The van der Waals surface area contributed by atoms with E-state index in [2.05, 4.69) is 15.1 Å². The Morgan fingerprint density at radius 2 is 1.88 bits per heavy atom. The van der Waals surface area contributed by atoms with E-state index in [1.165, 1.54) is 0 Å². The minimum Gasteiger partial charge on any atom is -0.507 e. The summed E-state index contributed by atoms with van der Waals surface area (Å²) in [7, 11) is 0. The molecule has 1 aromatic heterocycles. The van der Waals surface area contributed by atoms with Crippen LogP contribution < -0.4 is 0 Å². The van der Waals surface area contributed by atoms with Crippen LogP contribution in [0.2, 0.25) is 5.02 Å². The molecular formula is C23H27ClN4O4. The summed E-state index contributed by atoms with van der Waals surface area (Å²) in [4.78, 5) is 30.0. The molecular weight excluding hydrogens is 432 g/mol. The number of aliphatic hydroxyl groups excluding tert-OH is 1. The van der Waals surface area contributed by atoms with Gasteiger partial charge in [0.25, 0.3) is 11.7 Å². The molecule has 2 saturated heterocycles. The number of aromatic nitrogens is 2. The lowest BCUT2D eigenvalue weighted by Crippen LogP contribution is -2.38. The van der Waals surface area contributed by atoms with Gasteiger partial charge in [-0.25, -0.2) is 0 Å². The molecule has 1 aromatic carbocycles. The molecule has 0 saturated carbocycles. The second kappa shape index (κ2) is 9.44. The van der Waals surface area contributed by atoms with Gasteiger partial charge in [-0.05, 0) is 38.0 Å². The van der Waals surface area contributed by atoms with Crippen LogP contribution in [-0.2, 0) is 14.3 Å². The third-order valence-corrected chi connectivity index (χ3v) is 6.32. The monoisotopic (exact) mass is 458 g/mol. The van der Waals surface area contributed by atoms with Crippen molar-refractivity contribution in [1.29, 1.82) is 0 Å². The minimum absolute atomic E-state index is 0.0799. The number of rotatable bonds is 6. The molecule has 0 radical (unpaired) electrons. The van der Waals surface area contributed by atoms with Crippen LogP contribution in [0.3, 0.4) is 0 Å². The fraction of sp³-hybridized carbons (Fsp3) is 0.435. The van der Waals surface area contributed by atoms with Crippen molar-refractivity contribution in [2.24, 2.45) is 0 Å². The van der Waals surface area contributed by atoms with Crippen molar-refractivity contribution in [1.82, 2.24) is 20.0 Å². The summed E-state index contributed by atoms with van der Waals surface area (Å²) in [6.45, 7) is 7.85. The van der Waals surface area contributed by atoms with Gasteiger partial charge in [0.15, 0.2) is 0 Å². The molecule has 4 rings (SSSR count). The number of Topliss-reactive ketones (excluding diaryl/α,β-unsaturated/α-hetero) is 1. The van der Waals surface area contributed by atoms with E-state index in [1.807, 2.05) is 0 Å². The van der Waals surface area contributed by atoms with Gasteiger partial charge in [0.2, 0.25) is 0 Å². The normalized spacial score (nSPS) is 21.5. The molecule has 0 spiro atoms. The molecule has 2 N–H and O–H groups in total. The van der Waals surface area contributed by atoms with E-state index >= 15 is 0 Å². The summed E-state index contributed by atoms with van der Waals surface area (Å²) >= 11 is 6.07. The standard InChI is InChI=1S/C23H27ClN4O4/c1-14-18(15(2)26-25-14)21(29)19-20(16-4-6-17(24)7-5-16)28(23(31)22(19)30)9-3-8-27-10-12-32-13-11-27/h4-7,20,29H,3,8-13H2,1-2H3,(H,25,26). The Labute approximate surface area is 191 Å². The van der Waals surface area contributed by atoms with Gasteiger partial charge in [-0.2, -0.15) is 5.10 Å². The molecule has 1 amide bonds. The molecule has 2 fully saturated rings. The molecule has 170 valence electrons. The minimum atomic E-state index is -0.689. The SMILES string of the molecule is Cc1n[nH]c(C)c1C(O)=C1C(=O)C(=O)N(CCCN2CCOCC2)C1c1ccc(Cl)cc1. The first-order valence-electron chi connectivity index (χ1n) is 10.7. The zero-order chi connectivity index (χ0) is 22.8. The molecule has 3 heterocycles. The number of aliphatic hydroxyl groups is 1. The van der Waals surface area contributed by atoms with Crippen molar-refractivity contribution in [3.05, 3.63) is 57.4 Å². The Hall–Kier alpha value is -2.68. The topological polar surface area (TPSA) is 98.8 Å². The van der Waals surface area contributed by atoms with Crippen LogP contribution in [0, 0.1) is 13.8 Å². The van der Waals surface area contributed by atoms with Gasteiger partial charge in [-0.15, -0.1) is 0 Å². The Kier molecular flexibility index (Phi) is 6.64. The predicted molar refractivity (Wildman–Crippen MR) is 120 cm³/mol. The van der Waals surface area contributed by atoms with Crippen LogP contribution in [0.1, 0.15) is 35.0 Å². The van der Waals surface area contributed by atoms with Crippen LogP contribution in [0.15, 0.2) is 29.8 Å². The second-order valence-electron chi connectivity index (χ2n) is 8.16. The maximum atomic E-state index is 13.1. The third kappa shape index (κ3) is 4.30. The summed E-state index contributed by atoms with van der Waals surface area (Å²) in [6, 6.07) is 6.33. The molecule has 2 aliphatic rings. The first kappa shape index (κ1) is 22.5. The third-order valence-electron chi connectivity index (χ3n) is 6.07. The number of ketones is 1. The maximum absolute atomic E-state index is 13.1. The predicted octanol–water partition coefficient (Wildman–Crippen LogP) is 2.82. The number of hydrogen-bond acceptors (Lipinski definition) is 6. The van der Waals surface area contributed by atoms with Crippen molar-refractivity contribution >= 4 is 29.1 Å². The first-order chi connectivity index (χ1) is 15.4. The second-order valence-corrected chi connectivity index (χ2v) is 8.60. The Balaban J connectivity index is 1.69. The van der Waals surface area contributed by atoms with Crippen LogP contribution in [0.5, 0.6) is 0 Å². The Bertz CT molecular complexity index is 1020. The number of aryl methyl sites for hydroxylation is 2. The van der Waals surface area contributed by atoms with Gasteiger partial charge in [0, 0.05) is 36.9 Å². The van der Waals surface area contributed by atoms with Gasteiger partial charge < -0.3 is 14.7 Å². The highest BCUT2D eigenvalue weighted by Gasteiger charge is 2.46. The number of benzene rings is 1. The number of amides is 1. The number of likely N-dealkylation sites (tertiary alicyclic amines) is 1. The molecule has 32 heavy (non-hydrogen) atoms. The highest BCUT2D eigenvalue weighted by Crippen LogP contribution is 2.40. The first-order valence-corrected chi connectivity index (χ1v) is 11.1. The van der Waals surface area contributed by atoms with E-state index < -0.39 is 17.7 Å². The number of nitrogens with zero attached hydrogens (tertiary/aromatic N) is 3. The van der Waals surface area contributed by atoms with E-state index in [4.69, 9.17) is 16.3 Å². The van der Waals surface area contributed by atoms with Crippen molar-refractivity contribution in [2.45, 2.75) is 26.3 Å². The number of H-pyrrole nitrogens is 1. The highest BCUT2D eigenvalue weighted by atomic mass is 35.5. The number of carbonyl (C=O) groups is 2. The summed E-state index contributed by atoms with van der Waals surface area (Å²) in [5.41, 5.74) is 2.45.